The third-order valence-corrected chi connectivity index (χ3v) is 6.20. The summed E-state index contributed by atoms with van der Waals surface area (Å²) in [7, 11) is -0.715. The molecule has 2 rings (SSSR count). The summed E-state index contributed by atoms with van der Waals surface area (Å²) in [6, 6.07) is 21.9. The summed E-state index contributed by atoms with van der Waals surface area (Å²) in [6.07, 6.45) is 0. The summed E-state index contributed by atoms with van der Waals surface area (Å²) >= 11 is 0. The van der Waals surface area contributed by atoms with Crippen molar-refractivity contribution in [2.24, 2.45) is 0 Å². The molecule has 0 spiro atoms. The molecule has 88 valence electrons. The van der Waals surface area contributed by atoms with Crippen molar-refractivity contribution in [3.8, 4) is 0 Å². The second-order valence-corrected chi connectivity index (χ2v) is 8.76. The highest BCUT2D eigenvalue weighted by Crippen LogP contribution is 2.26. The van der Waals surface area contributed by atoms with Gasteiger partial charge in [-0.25, -0.2) is 8.80 Å². The first kappa shape index (κ1) is 12.1. The quantitative estimate of drug-likeness (QED) is 0.707. The normalized spacial score (nSPS) is 11.2. The summed E-state index contributed by atoms with van der Waals surface area (Å²) in [5.74, 6) is 0. The Hall–Kier alpha value is -1.34. The van der Waals surface area contributed by atoms with Crippen molar-refractivity contribution >= 4 is 19.2 Å². The van der Waals surface area contributed by atoms with E-state index in [1.165, 1.54) is 10.4 Å². The Morgan fingerprint density at radius 2 is 1.00 bits per heavy atom. The first-order chi connectivity index (χ1) is 8.09. The standard InChI is InChI=1S/C16H19Si/c1-16(2,3)17(14-10-6-4-7-11-14)15-12-8-5-9-13-15/h4-13H,1-3H3/q-1. The maximum Gasteiger partial charge on any atom is -0.0625 e. The van der Waals surface area contributed by atoms with E-state index in [1.54, 1.807) is 0 Å². The Morgan fingerprint density at radius 3 is 1.29 bits per heavy atom. The fraction of sp³-hybridized carbons (Fsp3) is 0.250. The minimum atomic E-state index is -0.715. The second kappa shape index (κ2) is 4.88. The number of hydrogen-bond acceptors (Lipinski definition) is 0. The van der Waals surface area contributed by atoms with Gasteiger partial charge in [-0.3, -0.25) is 0 Å². The zero-order valence-electron chi connectivity index (χ0n) is 10.8. The molecule has 0 nitrogen and oxygen atoms in total. The van der Waals surface area contributed by atoms with Gasteiger partial charge in [-0.1, -0.05) is 81.4 Å². The topological polar surface area (TPSA) is 0 Å². The van der Waals surface area contributed by atoms with Gasteiger partial charge in [0.25, 0.3) is 0 Å². The Balaban J connectivity index is 2.48. The van der Waals surface area contributed by atoms with Crippen LogP contribution < -0.4 is 10.4 Å². The maximum atomic E-state index is 2.35. The highest BCUT2D eigenvalue weighted by atomic mass is 28.3. The van der Waals surface area contributed by atoms with Gasteiger partial charge in [0.05, 0.1) is 0 Å². The smallest absolute Gasteiger partial charge is 0.0625 e. The SMILES string of the molecule is CC(C)(C)[Si-](c1ccccc1)c1ccccc1. The van der Waals surface area contributed by atoms with Gasteiger partial charge in [-0.05, 0) is 0 Å². The van der Waals surface area contributed by atoms with E-state index in [1.807, 2.05) is 0 Å². The molecule has 0 aliphatic carbocycles. The Bertz CT molecular complexity index is 414. The molecule has 17 heavy (non-hydrogen) atoms. The third-order valence-electron chi connectivity index (χ3n) is 2.87. The Labute approximate surface area is 106 Å². The summed E-state index contributed by atoms with van der Waals surface area (Å²) in [6.45, 7) is 7.05. The van der Waals surface area contributed by atoms with Crippen LogP contribution in [0.1, 0.15) is 20.8 Å². The third kappa shape index (κ3) is 2.86. The first-order valence-corrected chi connectivity index (χ1v) is 7.57. The van der Waals surface area contributed by atoms with Gasteiger partial charge >= 0.3 is 0 Å². The Morgan fingerprint density at radius 1 is 0.647 bits per heavy atom. The van der Waals surface area contributed by atoms with E-state index in [4.69, 9.17) is 0 Å². The highest BCUT2D eigenvalue weighted by molar-refractivity contribution is 6.87. The molecule has 0 aliphatic rings. The summed E-state index contributed by atoms with van der Waals surface area (Å²) < 4.78 is 0. The first-order valence-electron chi connectivity index (χ1n) is 6.07. The van der Waals surface area contributed by atoms with Crippen LogP contribution in [0.15, 0.2) is 60.7 Å². The molecule has 0 bridgehead atoms. The van der Waals surface area contributed by atoms with Crippen LogP contribution in [0.5, 0.6) is 0 Å². The molecular formula is C16H19Si-. The van der Waals surface area contributed by atoms with E-state index in [0.29, 0.717) is 5.04 Å². The highest BCUT2D eigenvalue weighted by Gasteiger charge is 2.13. The summed E-state index contributed by atoms with van der Waals surface area (Å²) in [5, 5.41) is 3.32. The average Bonchev–Trinajstić information content (AvgIpc) is 2.30. The molecule has 0 aromatic heterocycles. The molecule has 0 saturated carbocycles. The summed E-state index contributed by atoms with van der Waals surface area (Å²) in [4.78, 5) is 0. The van der Waals surface area contributed by atoms with Crippen LogP contribution in [0.3, 0.4) is 0 Å². The van der Waals surface area contributed by atoms with E-state index < -0.39 is 8.80 Å². The molecule has 2 aromatic carbocycles. The molecule has 0 radical (unpaired) electrons. The summed E-state index contributed by atoms with van der Waals surface area (Å²) in [5.41, 5.74) is 0. The van der Waals surface area contributed by atoms with Crippen LogP contribution in [0.4, 0.5) is 0 Å². The van der Waals surface area contributed by atoms with Crippen LogP contribution in [-0.2, 0) is 0 Å². The monoisotopic (exact) mass is 239 g/mol. The van der Waals surface area contributed by atoms with Crippen LogP contribution >= 0.6 is 0 Å². The van der Waals surface area contributed by atoms with Crippen molar-refractivity contribution in [1.82, 2.24) is 0 Å². The average molecular weight is 239 g/mol. The largest absolute Gasteiger partial charge is 0.245 e. The molecule has 1 heteroatoms. The van der Waals surface area contributed by atoms with Crippen LogP contribution in [0, 0.1) is 0 Å². The molecule has 0 heterocycles. The van der Waals surface area contributed by atoms with Gasteiger partial charge in [-0.2, -0.15) is 10.4 Å². The molecule has 0 atom stereocenters. The van der Waals surface area contributed by atoms with Crippen LogP contribution in [0.25, 0.3) is 0 Å². The fourth-order valence-corrected chi connectivity index (χ4v) is 5.36. The fourth-order valence-electron chi connectivity index (χ4n) is 2.24. The van der Waals surface area contributed by atoms with Gasteiger partial charge in [0.15, 0.2) is 0 Å². The molecule has 0 unspecified atom stereocenters. The zero-order valence-corrected chi connectivity index (χ0v) is 11.8. The molecule has 2 aromatic rings. The van der Waals surface area contributed by atoms with Crippen molar-refractivity contribution in [3.05, 3.63) is 60.7 Å². The van der Waals surface area contributed by atoms with E-state index in [9.17, 15) is 0 Å². The predicted octanol–water partition coefficient (Wildman–Crippen LogP) is 3.10. The second-order valence-electron chi connectivity index (χ2n) is 5.36. The van der Waals surface area contributed by atoms with E-state index >= 15 is 0 Å². The lowest BCUT2D eigenvalue weighted by molar-refractivity contribution is 0.750. The van der Waals surface area contributed by atoms with Crippen molar-refractivity contribution in [2.75, 3.05) is 0 Å². The predicted molar refractivity (Wildman–Crippen MR) is 77.6 cm³/mol. The van der Waals surface area contributed by atoms with Crippen molar-refractivity contribution in [1.29, 1.82) is 0 Å². The number of hydrogen-bond donors (Lipinski definition) is 0. The van der Waals surface area contributed by atoms with E-state index in [-0.39, 0.29) is 0 Å². The van der Waals surface area contributed by atoms with Gasteiger partial charge in [0, 0.05) is 0 Å². The number of benzene rings is 2. The van der Waals surface area contributed by atoms with E-state index in [2.05, 4.69) is 81.4 Å². The minimum absolute atomic E-state index is 0.327. The zero-order chi connectivity index (χ0) is 12.3. The van der Waals surface area contributed by atoms with E-state index in [0.717, 1.165) is 0 Å². The molecule has 0 saturated heterocycles. The van der Waals surface area contributed by atoms with Crippen molar-refractivity contribution in [2.45, 2.75) is 25.8 Å². The molecule has 0 amide bonds. The minimum Gasteiger partial charge on any atom is -0.245 e. The maximum absolute atomic E-state index is 2.35. The van der Waals surface area contributed by atoms with Gasteiger partial charge in [0.2, 0.25) is 0 Å². The lowest BCUT2D eigenvalue weighted by Crippen LogP contribution is -2.48. The molecular weight excluding hydrogens is 220 g/mol. The lowest BCUT2D eigenvalue weighted by Gasteiger charge is -2.46. The van der Waals surface area contributed by atoms with Crippen LogP contribution in [-0.4, -0.2) is 8.80 Å². The lowest BCUT2D eigenvalue weighted by atomic mass is 10.2. The molecule has 0 N–H and O–H groups in total. The van der Waals surface area contributed by atoms with Crippen molar-refractivity contribution in [3.63, 3.8) is 0 Å². The van der Waals surface area contributed by atoms with Gasteiger partial charge in [0.1, 0.15) is 0 Å². The molecule has 0 fully saturated rings. The molecule has 0 aliphatic heterocycles. The van der Waals surface area contributed by atoms with Crippen molar-refractivity contribution < 1.29 is 0 Å². The van der Waals surface area contributed by atoms with Gasteiger partial charge < -0.3 is 0 Å². The van der Waals surface area contributed by atoms with Gasteiger partial charge in [-0.15, -0.1) is 5.04 Å². The van der Waals surface area contributed by atoms with Crippen LogP contribution in [0.2, 0.25) is 5.04 Å². The number of rotatable bonds is 2. The Kier molecular flexibility index (Phi) is 3.48.